The SMILES string of the molecule is CC1(C(=O)O)C=CCC(C(=O)O)(c2cc(Oc3ccc([N+](=O)[O-])cc3F)ncn2)C1.CN1CC[C@H](NC(N)=O)C1. The molecule has 214 valence electrons. The highest BCUT2D eigenvalue weighted by atomic mass is 19.1. The van der Waals surface area contributed by atoms with Crippen LogP contribution in [0, 0.1) is 21.3 Å². The predicted octanol–water partition coefficient (Wildman–Crippen LogP) is 2.44. The van der Waals surface area contributed by atoms with E-state index in [-0.39, 0.29) is 36.2 Å². The Balaban J connectivity index is 0.000000371. The number of nitrogens with one attached hydrogen (secondary N) is 1. The molecule has 4 rings (SSSR count). The number of primary amides is 1. The second-order valence-corrected chi connectivity index (χ2v) is 9.86. The van der Waals surface area contributed by atoms with Crippen molar-refractivity contribution in [3.63, 3.8) is 0 Å². The van der Waals surface area contributed by atoms with E-state index in [1.165, 1.54) is 25.1 Å². The summed E-state index contributed by atoms with van der Waals surface area (Å²) in [5.41, 5.74) is 1.41. The fourth-order valence-corrected chi connectivity index (χ4v) is 4.60. The maximum atomic E-state index is 14.1. The zero-order valence-electron chi connectivity index (χ0n) is 21.7. The zero-order valence-corrected chi connectivity index (χ0v) is 21.7. The summed E-state index contributed by atoms with van der Waals surface area (Å²) < 4.78 is 19.4. The molecule has 0 spiro atoms. The summed E-state index contributed by atoms with van der Waals surface area (Å²) in [6, 6.07) is 3.82. The van der Waals surface area contributed by atoms with Crippen molar-refractivity contribution in [3.8, 4) is 11.6 Å². The van der Waals surface area contributed by atoms with Gasteiger partial charge in [-0.2, -0.15) is 0 Å². The number of aromatic nitrogens is 2. The molecule has 1 aliphatic carbocycles. The lowest BCUT2D eigenvalue weighted by molar-refractivity contribution is -0.385. The van der Waals surface area contributed by atoms with Crippen molar-refractivity contribution in [2.45, 2.75) is 37.6 Å². The first kappa shape index (κ1) is 29.9. The van der Waals surface area contributed by atoms with E-state index >= 15 is 0 Å². The predicted molar refractivity (Wildman–Crippen MR) is 137 cm³/mol. The summed E-state index contributed by atoms with van der Waals surface area (Å²) in [5, 5.41) is 32.8. The van der Waals surface area contributed by atoms with Gasteiger partial charge in [0.15, 0.2) is 11.6 Å². The number of benzene rings is 1. The van der Waals surface area contributed by atoms with Crippen LogP contribution >= 0.6 is 0 Å². The Bertz CT molecular complexity index is 1340. The number of carboxylic acid groups (broad SMARTS) is 2. The molecule has 14 nitrogen and oxygen atoms in total. The molecule has 5 N–H and O–H groups in total. The molecule has 2 aromatic rings. The van der Waals surface area contributed by atoms with Crippen LogP contribution in [-0.4, -0.2) is 74.2 Å². The molecule has 0 saturated carbocycles. The summed E-state index contributed by atoms with van der Waals surface area (Å²) in [7, 11) is 2.03. The number of amides is 2. The highest BCUT2D eigenvalue weighted by Crippen LogP contribution is 2.45. The third-order valence-corrected chi connectivity index (χ3v) is 6.73. The molecular weight excluding hydrogens is 531 g/mol. The van der Waals surface area contributed by atoms with Crippen LogP contribution < -0.4 is 15.8 Å². The second kappa shape index (κ2) is 12.0. The van der Waals surface area contributed by atoms with Gasteiger partial charge in [0.2, 0.25) is 5.88 Å². The summed E-state index contributed by atoms with van der Waals surface area (Å²) in [4.78, 5) is 54.1. The Hall–Kier alpha value is -4.66. The Labute approximate surface area is 227 Å². The molecule has 1 aromatic heterocycles. The summed E-state index contributed by atoms with van der Waals surface area (Å²) in [5.74, 6) is -4.00. The topological polar surface area (TPSA) is 211 Å². The van der Waals surface area contributed by atoms with Crippen LogP contribution in [-0.2, 0) is 15.0 Å². The minimum atomic E-state index is -1.66. The van der Waals surface area contributed by atoms with Crippen molar-refractivity contribution in [2.24, 2.45) is 11.1 Å². The molecule has 2 amide bonds. The summed E-state index contributed by atoms with van der Waals surface area (Å²) in [6.45, 7) is 3.38. The van der Waals surface area contributed by atoms with Crippen molar-refractivity contribution >= 4 is 23.7 Å². The molecular formula is C25H29FN6O8. The van der Waals surface area contributed by atoms with Crippen LogP contribution in [0.25, 0.3) is 0 Å². The molecule has 1 fully saturated rings. The molecule has 1 saturated heterocycles. The maximum Gasteiger partial charge on any atom is 0.316 e. The van der Waals surface area contributed by atoms with E-state index in [0.29, 0.717) is 6.07 Å². The fraction of sp³-hybridized carbons (Fsp3) is 0.400. The minimum Gasteiger partial charge on any atom is -0.481 e. The van der Waals surface area contributed by atoms with E-state index in [1.807, 2.05) is 7.05 Å². The Morgan fingerprint density at radius 2 is 1.98 bits per heavy atom. The van der Waals surface area contributed by atoms with Gasteiger partial charge < -0.3 is 30.9 Å². The van der Waals surface area contributed by atoms with Gasteiger partial charge in [0.1, 0.15) is 11.7 Å². The highest BCUT2D eigenvalue weighted by molar-refractivity contribution is 5.85. The number of carbonyl (C=O) groups is 3. The molecule has 3 atom stereocenters. The van der Waals surface area contributed by atoms with Crippen molar-refractivity contribution in [3.05, 3.63) is 64.4 Å². The van der Waals surface area contributed by atoms with E-state index in [9.17, 15) is 39.1 Å². The zero-order chi connectivity index (χ0) is 29.7. The van der Waals surface area contributed by atoms with E-state index in [1.54, 1.807) is 0 Å². The largest absolute Gasteiger partial charge is 0.481 e. The summed E-state index contributed by atoms with van der Waals surface area (Å²) >= 11 is 0. The van der Waals surface area contributed by atoms with Gasteiger partial charge >= 0.3 is 18.0 Å². The number of non-ortho nitro benzene ring substituents is 1. The van der Waals surface area contributed by atoms with Crippen molar-refractivity contribution in [1.82, 2.24) is 20.2 Å². The molecule has 2 aliphatic rings. The van der Waals surface area contributed by atoms with Gasteiger partial charge in [-0.15, -0.1) is 0 Å². The highest BCUT2D eigenvalue weighted by Gasteiger charge is 2.51. The molecule has 2 heterocycles. The number of rotatable bonds is 7. The number of aliphatic carboxylic acids is 2. The quantitative estimate of drug-likeness (QED) is 0.219. The molecule has 1 aliphatic heterocycles. The molecule has 15 heteroatoms. The van der Waals surface area contributed by atoms with Gasteiger partial charge in [0.05, 0.1) is 22.1 Å². The fourth-order valence-electron chi connectivity index (χ4n) is 4.60. The van der Waals surface area contributed by atoms with Crippen LogP contribution in [0.3, 0.4) is 0 Å². The first-order chi connectivity index (χ1) is 18.8. The number of nitro groups is 1. The van der Waals surface area contributed by atoms with Crippen molar-refractivity contribution in [1.29, 1.82) is 0 Å². The van der Waals surface area contributed by atoms with Gasteiger partial charge in [-0.3, -0.25) is 19.7 Å². The lowest BCUT2D eigenvalue weighted by Crippen LogP contribution is -2.45. The van der Waals surface area contributed by atoms with Gasteiger partial charge in [-0.1, -0.05) is 12.2 Å². The van der Waals surface area contributed by atoms with Gasteiger partial charge in [-0.25, -0.2) is 19.2 Å². The normalized spacial score (nSPS) is 23.9. The molecule has 2 unspecified atom stereocenters. The number of allylic oxidation sites excluding steroid dienone is 1. The van der Waals surface area contributed by atoms with Crippen LogP contribution in [0.4, 0.5) is 14.9 Å². The number of carboxylic acids is 2. The number of urea groups is 1. The Morgan fingerprint density at radius 1 is 1.25 bits per heavy atom. The van der Waals surface area contributed by atoms with E-state index in [4.69, 9.17) is 10.5 Å². The Morgan fingerprint density at radius 3 is 2.52 bits per heavy atom. The van der Waals surface area contributed by atoms with E-state index in [0.717, 1.165) is 38.0 Å². The maximum absolute atomic E-state index is 14.1. The lowest BCUT2D eigenvalue weighted by atomic mass is 9.64. The number of hydrogen-bond donors (Lipinski definition) is 4. The monoisotopic (exact) mass is 560 g/mol. The van der Waals surface area contributed by atoms with Gasteiger partial charge in [0.25, 0.3) is 5.69 Å². The van der Waals surface area contributed by atoms with Crippen LogP contribution in [0.2, 0.25) is 0 Å². The lowest BCUT2D eigenvalue weighted by Gasteiger charge is -2.37. The molecule has 40 heavy (non-hydrogen) atoms. The van der Waals surface area contributed by atoms with Crippen molar-refractivity contribution < 1.29 is 38.6 Å². The van der Waals surface area contributed by atoms with Crippen LogP contribution in [0.5, 0.6) is 11.6 Å². The van der Waals surface area contributed by atoms with Gasteiger partial charge in [-0.05, 0) is 45.8 Å². The average molecular weight is 561 g/mol. The second-order valence-electron chi connectivity index (χ2n) is 9.86. The number of hydrogen-bond acceptors (Lipinski definition) is 9. The number of likely N-dealkylation sites (N-methyl/N-ethyl adjacent to an activating group) is 1. The first-order valence-corrected chi connectivity index (χ1v) is 12.1. The molecule has 0 bridgehead atoms. The number of nitro benzene ring substituents is 1. The summed E-state index contributed by atoms with van der Waals surface area (Å²) in [6.07, 6.45) is 4.69. The number of nitrogens with zero attached hydrogens (tertiary/aromatic N) is 4. The van der Waals surface area contributed by atoms with Crippen molar-refractivity contribution in [2.75, 3.05) is 20.1 Å². The smallest absolute Gasteiger partial charge is 0.316 e. The Kier molecular flexibility index (Phi) is 8.99. The third kappa shape index (κ3) is 6.85. The number of halogens is 1. The molecule has 0 radical (unpaired) electrons. The standard InChI is InChI=1S/C19H16FN3O7.C6H13N3O/c1-18(16(24)25)5-2-6-19(9-18,17(26)27)14-8-15(22-10-21-14)30-13-4-3-11(23(28)29)7-12(13)20;1-9-3-2-5(4-9)8-6(7)10/h2-5,7-8,10H,6,9H2,1H3,(H,24,25)(H,26,27);5H,2-4H2,1H3,(H3,7,8,10)/t;5-/m.0/s1. The third-order valence-electron chi connectivity index (χ3n) is 6.73. The average Bonchev–Trinajstić information content (AvgIpc) is 3.29. The molecule has 1 aromatic carbocycles. The number of ether oxygens (including phenoxy) is 1. The first-order valence-electron chi connectivity index (χ1n) is 12.1. The van der Waals surface area contributed by atoms with E-state index in [2.05, 4.69) is 20.2 Å². The van der Waals surface area contributed by atoms with Crippen LogP contribution in [0.1, 0.15) is 31.9 Å². The number of carbonyl (C=O) groups excluding carboxylic acids is 1. The van der Waals surface area contributed by atoms with Crippen LogP contribution in [0.15, 0.2) is 42.7 Å². The van der Waals surface area contributed by atoms with Gasteiger partial charge in [0, 0.05) is 24.7 Å². The number of nitrogens with two attached hydrogens (primary N) is 1. The van der Waals surface area contributed by atoms with E-state index < -0.39 is 45.2 Å². The number of likely N-dealkylation sites (tertiary alicyclic amines) is 1. The minimum absolute atomic E-state index is 0.000792.